The average molecular weight is 657 g/mol. The van der Waals surface area contributed by atoms with Crippen LogP contribution in [0.4, 0.5) is 0 Å². The quantitative estimate of drug-likeness (QED) is 0.118. The molecular formula is C29H36O17. The molecule has 2 heterocycles. The Balaban J connectivity index is 2.00. The molecule has 2 aliphatic rings. The molecule has 0 spiro atoms. The molecule has 0 aromatic heterocycles. The highest BCUT2D eigenvalue weighted by Crippen LogP contribution is 2.40. The molecule has 0 saturated carbocycles. The fourth-order valence-electron chi connectivity index (χ4n) is 4.82. The smallest absolute Gasteiger partial charge is 0.331 e. The van der Waals surface area contributed by atoms with Crippen molar-refractivity contribution in [2.24, 2.45) is 0 Å². The Morgan fingerprint density at radius 1 is 0.826 bits per heavy atom. The highest BCUT2D eigenvalue weighted by atomic mass is 16.8. The van der Waals surface area contributed by atoms with Crippen LogP contribution in [0.2, 0.25) is 0 Å². The van der Waals surface area contributed by atoms with Crippen molar-refractivity contribution in [2.45, 2.75) is 82.5 Å². The molecule has 4 N–H and O–H groups in total. The molecule has 1 aromatic carbocycles. The van der Waals surface area contributed by atoms with Crippen molar-refractivity contribution in [3.05, 3.63) is 35.9 Å². The van der Waals surface area contributed by atoms with Crippen molar-refractivity contribution in [3.8, 4) is 5.75 Å². The molecule has 17 heteroatoms. The third-order valence-corrected chi connectivity index (χ3v) is 6.68. The first-order chi connectivity index (χ1) is 21.7. The molecule has 17 nitrogen and oxygen atoms in total. The largest absolute Gasteiger partial charge is 0.508 e. The topological polar surface area (TPSA) is 240 Å². The van der Waals surface area contributed by atoms with E-state index in [9.17, 15) is 44.4 Å². The average Bonchev–Trinajstić information content (AvgIpc) is 3.26. The Morgan fingerprint density at radius 2 is 1.41 bits per heavy atom. The standard InChI is InChI=1S/C29H36O17/c1-14(32)39-12-21-24(40-15(2)33)26(42-17(4)35)23(38)28(43-21)46-29(13-31)27(25(41-16(3)34)20(11-30)45-29)44-22(37)10-7-18-5-8-19(36)9-6-18/h5-10,20-21,23-28,30-31,36,38H,11-13H2,1-4H3/b10-7+/t20-,21-,23-,24-,25-,26-,27+,28-,29+/m1/s1. The van der Waals surface area contributed by atoms with Gasteiger partial charge in [0.25, 0.3) is 0 Å². The van der Waals surface area contributed by atoms with Crippen LogP contribution in [0, 0.1) is 0 Å². The van der Waals surface area contributed by atoms with Crippen molar-refractivity contribution >= 4 is 35.9 Å². The lowest BCUT2D eigenvalue weighted by Crippen LogP contribution is -2.64. The van der Waals surface area contributed by atoms with Gasteiger partial charge in [-0.2, -0.15) is 0 Å². The number of rotatable bonds is 12. The third kappa shape index (κ3) is 9.21. The molecule has 1 aromatic rings. The predicted molar refractivity (Wildman–Crippen MR) is 148 cm³/mol. The van der Waals surface area contributed by atoms with Gasteiger partial charge in [0.15, 0.2) is 30.7 Å². The first-order valence-corrected chi connectivity index (χ1v) is 13.9. The lowest BCUT2D eigenvalue weighted by molar-refractivity contribution is -0.383. The van der Waals surface area contributed by atoms with Crippen LogP contribution < -0.4 is 0 Å². The summed E-state index contributed by atoms with van der Waals surface area (Å²) >= 11 is 0. The number of ether oxygens (including phenoxy) is 8. The minimum Gasteiger partial charge on any atom is -0.508 e. The van der Waals surface area contributed by atoms with Gasteiger partial charge in [0.2, 0.25) is 5.79 Å². The first-order valence-electron chi connectivity index (χ1n) is 13.9. The van der Waals surface area contributed by atoms with Gasteiger partial charge in [0.1, 0.15) is 37.3 Å². The Morgan fingerprint density at radius 3 is 1.96 bits per heavy atom. The van der Waals surface area contributed by atoms with E-state index >= 15 is 0 Å². The molecule has 9 atom stereocenters. The Kier molecular flexibility index (Phi) is 12.6. The van der Waals surface area contributed by atoms with Crippen molar-refractivity contribution in [1.29, 1.82) is 0 Å². The van der Waals surface area contributed by atoms with Crippen LogP contribution in [0.25, 0.3) is 6.08 Å². The van der Waals surface area contributed by atoms with E-state index in [1.54, 1.807) is 0 Å². The summed E-state index contributed by atoms with van der Waals surface area (Å²) in [5.41, 5.74) is 0.489. The fraction of sp³-hybridized carbons (Fsp3) is 0.552. The number of hydrogen-bond acceptors (Lipinski definition) is 17. The minimum absolute atomic E-state index is 0.00990. The second kappa shape index (κ2) is 15.9. The van der Waals surface area contributed by atoms with Gasteiger partial charge in [-0.25, -0.2) is 4.79 Å². The summed E-state index contributed by atoms with van der Waals surface area (Å²) in [4.78, 5) is 60.3. The molecule has 0 bridgehead atoms. The van der Waals surface area contributed by atoms with Crippen LogP contribution in [0.3, 0.4) is 0 Å². The zero-order chi connectivity index (χ0) is 34.2. The number of benzene rings is 1. The van der Waals surface area contributed by atoms with Crippen LogP contribution in [0.15, 0.2) is 30.3 Å². The number of carbonyl (C=O) groups excluding carboxylic acids is 5. The Labute approximate surface area is 262 Å². The molecule has 0 radical (unpaired) electrons. The monoisotopic (exact) mass is 656 g/mol. The number of aromatic hydroxyl groups is 1. The molecule has 2 fully saturated rings. The van der Waals surface area contributed by atoms with Crippen LogP contribution in [0.1, 0.15) is 33.3 Å². The molecule has 0 unspecified atom stereocenters. The number of phenolic OH excluding ortho intramolecular Hbond substituents is 1. The molecule has 0 amide bonds. The minimum atomic E-state index is -2.50. The maximum atomic E-state index is 13.0. The lowest BCUT2D eigenvalue weighted by Gasteiger charge is -2.45. The van der Waals surface area contributed by atoms with E-state index in [0.717, 1.165) is 33.8 Å². The second-order valence-electron chi connectivity index (χ2n) is 10.3. The van der Waals surface area contributed by atoms with Crippen molar-refractivity contribution in [3.63, 3.8) is 0 Å². The summed E-state index contributed by atoms with van der Waals surface area (Å²) in [7, 11) is 0. The molecule has 3 rings (SSSR count). The summed E-state index contributed by atoms with van der Waals surface area (Å²) in [5, 5.41) is 41.3. The number of aliphatic hydroxyl groups excluding tert-OH is 3. The van der Waals surface area contributed by atoms with E-state index in [1.807, 2.05) is 0 Å². The maximum absolute atomic E-state index is 13.0. The zero-order valence-corrected chi connectivity index (χ0v) is 25.3. The van der Waals surface area contributed by atoms with Gasteiger partial charge in [0.05, 0.1) is 6.61 Å². The predicted octanol–water partition coefficient (Wildman–Crippen LogP) is -1.14. The first kappa shape index (κ1) is 36.3. The molecule has 2 aliphatic heterocycles. The van der Waals surface area contributed by atoms with Gasteiger partial charge in [-0.1, -0.05) is 12.1 Å². The van der Waals surface area contributed by atoms with E-state index in [1.165, 1.54) is 30.3 Å². The second-order valence-corrected chi connectivity index (χ2v) is 10.3. The number of phenols is 1. The third-order valence-electron chi connectivity index (χ3n) is 6.68. The lowest BCUT2D eigenvalue weighted by atomic mass is 9.98. The summed E-state index contributed by atoms with van der Waals surface area (Å²) in [6.45, 7) is 1.61. The molecule has 0 aliphatic carbocycles. The van der Waals surface area contributed by atoms with Gasteiger partial charge in [-0.3, -0.25) is 19.2 Å². The summed E-state index contributed by atoms with van der Waals surface area (Å²) in [6.07, 6.45) is -11.0. The van der Waals surface area contributed by atoms with Gasteiger partial charge in [-0.05, 0) is 23.8 Å². The number of esters is 5. The van der Waals surface area contributed by atoms with Crippen LogP contribution in [0.5, 0.6) is 5.75 Å². The molecular weight excluding hydrogens is 620 g/mol. The summed E-state index contributed by atoms with van der Waals surface area (Å²) in [6, 6.07) is 5.75. The van der Waals surface area contributed by atoms with Gasteiger partial charge < -0.3 is 58.3 Å². The fourth-order valence-corrected chi connectivity index (χ4v) is 4.82. The highest BCUT2D eigenvalue weighted by molar-refractivity contribution is 5.87. The van der Waals surface area contributed by atoms with E-state index in [4.69, 9.17) is 37.9 Å². The molecule has 46 heavy (non-hydrogen) atoms. The Bertz CT molecular complexity index is 1280. The summed E-state index contributed by atoms with van der Waals surface area (Å²) < 4.78 is 43.6. The van der Waals surface area contributed by atoms with Crippen LogP contribution >= 0.6 is 0 Å². The highest BCUT2D eigenvalue weighted by Gasteiger charge is 2.63. The van der Waals surface area contributed by atoms with Gasteiger partial charge in [0, 0.05) is 33.8 Å². The number of aliphatic hydroxyl groups is 3. The van der Waals surface area contributed by atoms with E-state index < -0.39 is 104 Å². The number of hydrogen-bond donors (Lipinski definition) is 4. The Hall–Kier alpha value is -4.13. The molecule has 254 valence electrons. The number of carbonyl (C=O) groups is 5. The van der Waals surface area contributed by atoms with E-state index in [-0.39, 0.29) is 5.75 Å². The van der Waals surface area contributed by atoms with E-state index in [0.29, 0.717) is 5.56 Å². The summed E-state index contributed by atoms with van der Waals surface area (Å²) in [5.74, 6) is -6.97. The molecule has 2 saturated heterocycles. The van der Waals surface area contributed by atoms with Crippen molar-refractivity contribution < 1.29 is 82.3 Å². The van der Waals surface area contributed by atoms with Crippen LogP contribution in [-0.2, 0) is 61.9 Å². The van der Waals surface area contributed by atoms with Gasteiger partial charge in [-0.15, -0.1) is 0 Å². The van der Waals surface area contributed by atoms with E-state index in [2.05, 4.69) is 0 Å². The van der Waals surface area contributed by atoms with Crippen molar-refractivity contribution in [2.75, 3.05) is 19.8 Å². The van der Waals surface area contributed by atoms with Gasteiger partial charge >= 0.3 is 29.8 Å². The maximum Gasteiger partial charge on any atom is 0.331 e. The van der Waals surface area contributed by atoms with Crippen LogP contribution in [-0.4, -0.2) is 125 Å². The zero-order valence-electron chi connectivity index (χ0n) is 25.3. The van der Waals surface area contributed by atoms with Crippen molar-refractivity contribution in [1.82, 2.24) is 0 Å². The SMILES string of the molecule is CC(=O)OC[C@H]1O[C@H](O[C@]2(CO)O[C@H](CO)[C@@H](OC(C)=O)[C@@H]2OC(=O)/C=C/c2ccc(O)cc2)[C@H](O)[C@@H](OC(C)=O)[C@@H]1OC(C)=O. The normalized spacial score (nSPS) is 30.8.